The number of rotatable bonds is 3. The van der Waals surface area contributed by atoms with Crippen LogP contribution in [-0.4, -0.2) is 43.3 Å². The fourth-order valence-electron chi connectivity index (χ4n) is 3.10. The summed E-state index contributed by atoms with van der Waals surface area (Å²) in [5, 5.41) is 0.918. The predicted molar refractivity (Wildman–Crippen MR) is 84.7 cm³/mol. The first-order valence-corrected chi connectivity index (χ1v) is 9.24. The molecule has 1 saturated heterocycles. The van der Waals surface area contributed by atoms with Crippen LogP contribution in [0.25, 0.3) is 11.0 Å². The summed E-state index contributed by atoms with van der Waals surface area (Å²) in [5.74, 6) is 0.289. The Morgan fingerprint density at radius 1 is 1.36 bits per heavy atom. The highest BCUT2D eigenvalue weighted by atomic mass is 32.2. The summed E-state index contributed by atoms with van der Waals surface area (Å²) in [7, 11) is -3.03. The van der Waals surface area contributed by atoms with Crippen molar-refractivity contribution in [3.63, 3.8) is 0 Å². The Kier molecular flexibility index (Phi) is 3.72. The molecule has 22 heavy (non-hydrogen) atoms. The zero-order valence-electron chi connectivity index (χ0n) is 12.7. The van der Waals surface area contributed by atoms with Crippen molar-refractivity contribution < 1.29 is 17.6 Å². The van der Waals surface area contributed by atoms with E-state index in [4.69, 9.17) is 4.42 Å². The van der Waals surface area contributed by atoms with E-state index in [1.165, 1.54) is 0 Å². The molecule has 0 saturated carbocycles. The Hall–Kier alpha value is -1.82. The summed E-state index contributed by atoms with van der Waals surface area (Å²) in [6, 6.07) is 7.26. The number of furan rings is 1. The van der Waals surface area contributed by atoms with Crippen LogP contribution in [0.1, 0.15) is 29.5 Å². The molecule has 5 nitrogen and oxygen atoms in total. The van der Waals surface area contributed by atoms with Gasteiger partial charge in [-0.05, 0) is 26.3 Å². The van der Waals surface area contributed by atoms with Crippen LogP contribution in [0.2, 0.25) is 0 Å². The molecule has 0 unspecified atom stereocenters. The quantitative estimate of drug-likeness (QED) is 0.870. The molecule has 0 radical (unpaired) electrons. The highest BCUT2D eigenvalue weighted by Gasteiger charge is 2.35. The van der Waals surface area contributed by atoms with Crippen LogP contribution in [0.5, 0.6) is 0 Å². The minimum atomic E-state index is -3.03. The first-order valence-electron chi connectivity index (χ1n) is 7.42. The van der Waals surface area contributed by atoms with Crippen LogP contribution in [0.3, 0.4) is 0 Å². The largest absolute Gasteiger partial charge is 0.451 e. The third-order valence-electron chi connectivity index (χ3n) is 4.29. The Morgan fingerprint density at radius 2 is 2.09 bits per heavy atom. The number of benzene rings is 1. The molecule has 1 aliphatic rings. The number of aryl methyl sites for hydroxylation is 1. The summed E-state index contributed by atoms with van der Waals surface area (Å²) < 4.78 is 29.0. The number of carbonyl (C=O) groups excluding carboxylic acids is 1. The van der Waals surface area contributed by atoms with Crippen LogP contribution in [0, 0.1) is 6.92 Å². The average Bonchev–Trinajstić information content (AvgIpc) is 3.01. The van der Waals surface area contributed by atoms with Crippen molar-refractivity contribution in [3.05, 3.63) is 35.6 Å². The van der Waals surface area contributed by atoms with Crippen molar-refractivity contribution in [2.24, 2.45) is 0 Å². The second kappa shape index (κ2) is 5.43. The molecule has 1 fully saturated rings. The van der Waals surface area contributed by atoms with Crippen LogP contribution in [0.15, 0.2) is 28.7 Å². The molecule has 2 heterocycles. The van der Waals surface area contributed by atoms with Crippen LogP contribution in [-0.2, 0) is 9.84 Å². The van der Waals surface area contributed by atoms with E-state index in [1.807, 2.05) is 38.1 Å². The van der Waals surface area contributed by atoms with Gasteiger partial charge in [0, 0.05) is 23.5 Å². The monoisotopic (exact) mass is 321 g/mol. The van der Waals surface area contributed by atoms with Gasteiger partial charge in [-0.25, -0.2) is 8.42 Å². The molecule has 1 aromatic carbocycles. The van der Waals surface area contributed by atoms with E-state index in [-0.39, 0.29) is 23.5 Å². The highest BCUT2D eigenvalue weighted by molar-refractivity contribution is 7.91. The normalized spacial score (nSPS) is 20.4. The van der Waals surface area contributed by atoms with E-state index >= 15 is 0 Å². The molecule has 0 aliphatic carbocycles. The number of carbonyl (C=O) groups is 1. The lowest BCUT2D eigenvalue weighted by Gasteiger charge is -2.26. The van der Waals surface area contributed by atoms with Gasteiger partial charge >= 0.3 is 0 Å². The number of hydrogen-bond donors (Lipinski definition) is 0. The van der Waals surface area contributed by atoms with E-state index in [0.29, 0.717) is 24.3 Å². The van der Waals surface area contributed by atoms with E-state index < -0.39 is 9.84 Å². The molecule has 2 aromatic rings. The fourth-order valence-corrected chi connectivity index (χ4v) is 4.83. The molecule has 118 valence electrons. The maximum absolute atomic E-state index is 12.8. The second-order valence-electron chi connectivity index (χ2n) is 5.70. The number of fused-ring (bicyclic) bond motifs is 1. The number of amides is 1. The third kappa shape index (κ3) is 2.52. The first kappa shape index (κ1) is 15.1. The van der Waals surface area contributed by atoms with Crippen molar-refractivity contribution in [2.45, 2.75) is 26.3 Å². The predicted octanol–water partition coefficient (Wildman–Crippen LogP) is 2.39. The van der Waals surface area contributed by atoms with Gasteiger partial charge in [0.05, 0.1) is 11.5 Å². The van der Waals surface area contributed by atoms with Crippen LogP contribution >= 0.6 is 0 Å². The van der Waals surface area contributed by atoms with Crippen LogP contribution in [0.4, 0.5) is 0 Å². The van der Waals surface area contributed by atoms with Gasteiger partial charge in [-0.2, -0.15) is 0 Å². The second-order valence-corrected chi connectivity index (χ2v) is 7.93. The molecule has 1 atom stereocenters. The Morgan fingerprint density at radius 3 is 2.68 bits per heavy atom. The maximum Gasteiger partial charge on any atom is 0.290 e. The SMILES string of the molecule is CCN(C(=O)c1oc2ccccc2c1C)[C@@H]1CCS(=O)(=O)C1. The standard InChI is InChI=1S/C16H19NO4S/c1-3-17(12-8-9-22(19,20)10-12)16(18)15-11(2)13-6-4-5-7-14(13)21-15/h4-7,12H,3,8-10H2,1-2H3/t12-/m1/s1. The van der Waals surface area contributed by atoms with Gasteiger partial charge in [0.2, 0.25) is 0 Å². The molecular weight excluding hydrogens is 302 g/mol. The molecule has 1 aliphatic heterocycles. The molecule has 0 spiro atoms. The molecule has 0 N–H and O–H groups in total. The zero-order valence-corrected chi connectivity index (χ0v) is 13.5. The summed E-state index contributed by atoms with van der Waals surface area (Å²) in [4.78, 5) is 14.4. The third-order valence-corrected chi connectivity index (χ3v) is 6.04. The molecular formula is C16H19NO4S. The van der Waals surface area contributed by atoms with Gasteiger partial charge in [0.1, 0.15) is 5.58 Å². The molecule has 0 bridgehead atoms. The van der Waals surface area contributed by atoms with E-state index in [0.717, 1.165) is 10.9 Å². The Bertz CT molecular complexity index is 822. The van der Waals surface area contributed by atoms with E-state index in [2.05, 4.69) is 0 Å². The molecule has 1 amide bonds. The minimum absolute atomic E-state index is 0.0475. The lowest BCUT2D eigenvalue weighted by molar-refractivity contribution is 0.0677. The summed E-state index contributed by atoms with van der Waals surface area (Å²) in [5.41, 5.74) is 1.48. The topological polar surface area (TPSA) is 67.6 Å². The van der Waals surface area contributed by atoms with Crippen molar-refractivity contribution in [3.8, 4) is 0 Å². The highest BCUT2D eigenvalue weighted by Crippen LogP contribution is 2.27. The molecule has 1 aromatic heterocycles. The van der Waals surface area contributed by atoms with Crippen molar-refractivity contribution in [1.29, 1.82) is 0 Å². The molecule has 6 heteroatoms. The number of sulfone groups is 1. The van der Waals surface area contributed by atoms with Crippen molar-refractivity contribution >= 4 is 26.7 Å². The van der Waals surface area contributed by atoms with Crippen LogP contribution < -0.4 is 0 Å². The van der Waals surface area contributed by atoms with Gasteiger partial charge in [0.15, 0.2) is 15.6 Å². The van der Waals surface area contributed by atoms with Gasteiger partial charge in [0.25, 0.3) is 5.91 Å². The zero-order chi connectivity index (χ0) is 15.9. The minimum Gasteiger partial charge on any atom is -0.451 e. The number of nitrogens with zero attached hydrogens (tertiary/aromatic N) is 1. The maximum atomic E-state index is 12.8. The smallest absolute Gasteiger partial charge is 0.290 e. The Balaban J connectivity index is 1.95. The fraction of sp³-hybridized carbons (Fsp3) is 0.438. The molecule has 3 rings (SSSR count). The van der Waals surface area contributed by atoms with Crippen molar-refractivity contribution in [2.75, 3.05) is 18.1 Å². The summed E-state index contributed by atoms with van der Waals surface area (Å²) in [6.45, 7) is 4.19. The average molecular weight is 321 g/mol. The van der Waals surface area contributed by atoms with Gasteiger partial charge in [-0.15, -0.1) is 0 Å². The van der Waals surface area contributed by atoms with Gasteiger partial charge < -0.3 is 9.32 Å². The summed E-state index contributed by atoms with van der Waals surface area (Å²) in [6.07, 6.45) is 0.501. The number of para-hydroxylation sites is 1. The summed E-state index contributed by atoms with van der Waals surface area (Å²) >= 11 is 0. The van der Waals surface area contributed by atoms with E-state index in [9.17, 15) is 13.2 Å². The van der Waals surface area contributed by atoms with Crippen molar-refractivity contribution in [1.82, 2.24) is 4.90 Å². The van der Waals surface area contributed by atoms with Gasteiger partial charge in [-0.1, -0.05) is 18.2 Å². The lowest BCUT2D eigenvalue weighted by atomic mass is 10.1. The Labute approximate surface area is 129 Å². The first-order chi connectivity index (χ1) is 10.4. The van der Waals surface area contributed by atoms with Gasteiger partial charge in [-0.3, -0.25) is 4.79 Å². The van der Waals surface area contributed by atoms with E-state index in [1.54, 1.807) is 4.90 Å². The number of hydrogen-bond acceptors (Lipinski definition) is 4. The lowest BCUT2D eigenvalue weighted by Crippen LogP contribution is -2.41.